The molecule has 7 heteroatoms. The Bertz CT molecular complexity index is 407. The van der Waals surface area contributed by atoms with Crippen LogP contribution >= 0.6 is 0 Å². The second-order valence-electron chi connectivity index (χ2n) is 2.69. The van der Waals surface area contributed by atoms with Gasteiger partial charge >= 0.3 is 11.9 Å². The summed E-state index contributed by atoms with van der Waals surface area (Å²) in [5, 5.41) is 16.9. The first kappa shape index (κ1) is 11.4. The van der Waals surface area contributed by atoms with Gasteiger partial charge in [-0.25, -0.2) is 4.79 Å². The van der Waals surface area contributed by atoms with Crippen LogP contribution in [0.5, 0.6) is 0 Å². The van der Waals surface area contributed by atoms with Crippen LogP contribution in [-0.4, -0.2) is 32.1 Å². The molecule has 0 saturated carbocycles. The highest BCUT2D eigenvalue weighted by molar-refractivity contribution is 7.84. The molecule has 1 atom stereocenters. The molecule has 1 rings (SSSR count). The summed E-state index contributed by atoms with van der Waals surface area (Å²) in [6.45, 7) is 0. The van der Waals surface area contributed by atoms with Crippen molar-refractivity contribution >= 4 is 22.7 Å². The van der Waals surface area contributed by atoms with E-state index in [0.29, 0.717) is 0 Å². The van der Waals surface area contributed by atoms with Gasteiger partial charge in [-0.2, -0.15) is 0 Å². The predicted octanol–water partition coefficient (Wildman–Crippen LogP) is 0.311. The lowest BCUT2D eigenvalue weighted by Gasteiger charge is -1.95. The normalized spacial score (nSPS) is 12.3. The zero-order valence-corrected chi connectivity index (χ0v) is 8.32. The minimum absolute atomic E-state index is 0.0976. The SMILES string of the molecule is O=C(O)CS(=O)Cc1ccc(C(=O)O)o1. The van der Waals surface area contributed by atoms with Crippen LogP contribution in [0.15, 0.2) is 16.5 Å². The molecule has 82 valence electrons. The third-order valence-electron chi connectivity index (χ3n) is 1.46. The van der Waals surface area contributed by atoms with E-state index in [1.54, 1.807) is 0 Å². The van der Waals surface area contributed by atoms with Crippen LogP contribution < -0.4 is 0 Å². The molecule has 0 aliphatic rings. The standard InChI is InChI=1S/C8H8O6S/c9-7(10)4-15(13)3-5-1-2-6(14-5)8(11)12/h1-2H,3-4H2,(H,9,10)(H,11,12). The van der Waals surface area contributed by atoms with Crippen LogP contribution in [0, 0.1) is 0 Å². The van der Waals surface area contributed by atoms with E-state index in [1.807, 2.05) is 0 Å². The molecular weight excluding hydrogens is 224 g/mol. The molecule has 0 radical (unpaired) electrons. The van der Waals surface area contributed by atoms with E-state index in [4.69, 9.17) is 14.6 Å². The second-order valence-corrected chi connectivity index (χ2v) is 4.15. The third-order valence-corrected chi connectivity index (χ3v) is 2.64. The van der Waals surface area contributed by atoms with E-state index in [1.165, 1.54) is 12.1 Å². The molecule has 1 unspecified atom stereocenters. The lowest BCUT2D eigenvalue weighted by atomic mass is 10.4. The topological polar surface area (TPSA) is 105 Å². The number of hydrogen-bond acceptors (Lipinski definition) is 4. The number of carboxylic acid groups (broad SMARTS) is 2. The lowest BCUT2D eigenvalue weighted by molar-refractivity contribution is -0.133. The fraction of sp³-hybridized carbons (Fsp3) is 0.250. The molecule has 6 nitrogen and oxygen atoms in total. The first-order valence-corrected chi connectivity index (χ1v) is 5.36. The van der Waals surface area contributed by atoms with E-state index < -0.39 is 28.5 Å². The molecule has 0 amide bonds. The molecule has 0 bridgehead atoms. The molecule has 0 aliphatic heterocycles. The average molecular weight is 232 g/mol. The maximum absolute atomic E-state index is 11.1. The Hall–Kier alpha value is -1.63. The molecule has 2 N–H and O–H groups in total. The van der Waals surface area contributed by atoms with Crippen molar-refractivity contribution in [2.24, 2.45) is 0 Å². The van der Waals surface area contributed by atoms with Crippen molar-refractivity contribution in [2.75, 3.05) is 5.75 Å². The summed E-state index contributed by atoms with van der Waals surface area (Å²) in [5.41, 5.74) is 0. The van der Waals surface area contributed by atoms with Gasteiger partial charge in [0, 0.05) is 10.8 Å². The Morgan fingerprint density at radius 3 is 2.47 bits per heavy atom. The van der Waals surface area contributed by atoms with Gasteiger partial charge in [-0.3, -0.25) is 9.00 Å². The van der Waals surface area contributed by atoms with Gasteiger partial charge in [-0.1, -0.05) is 0 Å². The monoisotopic (exact) mass is 232 g/mol. The maximum atomic E-state index is 11.1. The minimum Gasteiger partial charge on any atom is -0.481 e. The average Bonchev–Trinajstić information content (AvgIpc) is 2.50. The summed E-state index contributed by atoms with van der Waals surface area (Å²) < 4.78 is 15.9. The Morgan fingerprint density at radius 2 is 2.00 bits per heavy atom. The highest BCUT2D eigenvalue weighted by Gasteiger charge is 2.12. The summed E-state index contributed by atoms with van der Waals surface area (Å²) in [4.78, 5) is 20.6. The number of aliphatic carboxylic acids is 1. The van der Waals surface area contributed by atoms with Gasteiger partial charge in [0.2, 0.25) is 5.76 Å². The molecule has 0 aliphatic carbocycles. The van der Waals surface area contributed by atoms with E-state index in [9.17, 15) is 13.8 Å². The molecule has 1 heterocycles. The van der Waals surface area contributed by atoms with Crippen molar-refractivity contribution in [3.8, 4) is 0 Å². The fourth-order valence-electron chi connectivity index (χ4n) is 0.918. The Balaban J connectivity index is 2.61. The highest BCUT2D eigenvalue weighted by Crippen LogP contribution is 2.10. The number of rotatable bonds is 5. The molecule has 0 aromatic carbocycles. The summed E-state index contributed by atoms with van der Waals surface area (Å²) in [6, 6.07) is 2.60. The Labute approximate surface area is 87.0 Å². The van der Waals surface area contributed by atoms with Crippen LogP contribution in [0.3, 0.4) is 0 Å². The number of furan rings is 1. The first-order chi connectivity index (χ1) is 6.99. The van der Waals surface area contributed by atoms with Gasteiger partial charge in [-0.05, 0) is 12.1 Å². The molecular formula is C8H8O6S. The first-order valence-electron chi connectivity index (χ1n) is 3.88. The fourth-order valence-corrected chi connectivity index (χ4v) is 1.77. The van der Waals surface area contributed by atoms with Gasteiger partial charge in [0.15, 0.2) is 0 Å². The van der Waals surface area contributed by atoms with Crippen molar-refractivity contribution in [3.05, 3.63) is 23.7 Å². The van der Waals surface area contributed by atoms with E-state index in [-0.39, 0.29) is 17.3 Å². The lowest BCUT2D eigenvalue weighted by Crippen LogP contribution is -2.10. The highest BCUT2D eigenvalue weighted by atomic mass is 32.2. The van der Waals surface area contributed by atoms with Crippen LogP contribution in [0.25, 0.3) is 0 Å². The number of aromatic carboxylic acids is 1. The summed E-state index contributed by atoms with van der Waals surface area (Å²) in [6.07, 6.45) is 0. The molecule has 1 aromatic rings. The second kappa shape index (κ2) is 4.74. The summed E-state index contributed by atoms with van der Waals surface area (Å²) in [7, 11) is -1.59. The smallest absolute Gasteiger partial charge is 0.371 e. The molecule has 0 saturated heterocycles. The molecule has 15 heavy (non-hydrogen) atoms. The Kier molecular flexibility index (Phi) is 3.62. The molecule has 0 fully saturated rings. The Morgan fingerprint density at radius 1 is 1.33 bits per heavy atom. The van der Waals surface area contributed by atoms with Crippen molar-refractivity contribution < 1.29 is 28.4 Å². The van der Waals surface area contributed by atoms with Gasteiger partial charge in [-0.15, -0.1) is 0 Å². The summed E-state index contributed by atoms with van der Waals surface area (Å²) >= 11 is 0. The summed E-state index contributed by atoms with van der Waals surface area (Å²) in [5.74, 6) is -3.02. The van der Waals surface area contributed by atoms with Gasteiger partial charge in [0.1, 0.15) is 11.5 Å². The maximum Gasteiger partial charge on any atom is 0.371 e. The third kappa shape index (κ3) is 3.55. The van der Waals surface area contributed by atoms with E-state index >= 15 is 0 Å². The van der Waals surface area contributed by atoms with Gasteiger partial charge < -0.3 is 14.6 Å². The van der Waals surface area contributed by atoms with Crippen molar-refractivity contribution in [2.45, 2.75) is 5.75 Å². The van der Waals surface area contributed by atoms with Crippen LogP contribution in [0.2, 0.25) is 0 Å². The largest absolute Gasteiger partial charge is 0.481 e. The minimum atomic E-state index is -1.59. The predicted molar refractivity (Wildman–Crippen MR) is 50.0 cm³/mol. The zero-order chi connectivity index (χ0) is 11.4. The van der Waals surface area contributed by atoms with E-state index in [0.717, 1.165) is 0 Å². The van der Waals surface area contributed by atoms with Gasteiger partial charge in [0.05, 0.1) is 5.75 Å². The van der Waals surface area contributed by atoms with Crippen LogP contribution in [0.4, 0.5) is 0 Å². The van der Waals surface area contributed by atoms with E-state index in [2.05, 4.69) is 0 Å². The number of hydrogen-bond donors (Lipinski definition) is 2. The zero-order valence-electron chi connectivity index (χ0n) is 7.50. The van der Waals surface area contributed by atoms with Crippen molar-refractivity contribution in [1.29, 1.82) is 0 Å². The quantitative estimate of drug-likeness (QED) is 0.757. The van der Waals surface area contributed by atoms with Crippen LogP contribution in [-0.2, 0) is 21.3 Å². The molecule has 1 aromatic heterocycles. The van der Waals surface area contributed by atoms with Crippen molar-refractivity contribution in [1.82, 2.24) is 0 Å². The number of carbonyl (C=O) groups is 2. The number of carboxylic acids is 2. The van der Waals surface area contributed by atoms with Crippen LogP contribution in [0.1, 0.15) is 16.3 Å². The van der Waals surface area contributed by atoms with Crippen molar-refractivity contribution in [3.63, 3.8) is 0 Å². The van der Waals surface area contributed by atoms with Gasteiger partial charge in [0.25, 0.3) is 0 Å². The molecule has 0 spiro atoms.